The fraction of sp³-hybridized carbons (Fsp3) is 0.167. The number of ether oxygens (including phenoxy) is 1. The maximum Gasteiger partial charge on any atom is 0.191 e. The number of benzene rings is 2. The average molecular weight is 379 g/mol. The predicted octanol–water partition coefficient (Wildman–Crippen LogP) is 2.76. The van der Waals surface area contributed by atoms with E-state index >= 15 is 0 Å². The number of hydrogen-bond acceptors (Lipinski definition) is 7. The summed E-state index contributed by atoms with van der Waals surface area (Å²) in [4.78, 5) is 0. The van der Waals surface area contributed by atoms with E-state index in [0.717, 1.165) is 33.8 Å². The monoisotopic (exact) mass is 379 g/mol. The number of tetrazole rings is 1. The average Bonchev–Trinajstić information content (AvgIpc) is 3.34. The van der Waals surface area contributed by atoms with Crippen molar-refractivity contribution in [3.05, 3.63) is 60.4 Å². The first-order valence-electron chi connectivity index (χ1n) is 8.25. The Hall–Kier alpha value is -3.20. The molecule has 0 bridgehead atoms. The highest BCUT2D eigenvalue weighted by Gasteiger charge is 2.14. The van der Waals surface area contributed by atoms with Gasteiger partial charge in [-0.2, -0.15) is 4.68 Å². The van der Waals surface area contributed by atoms with Gasteiger partial charge in [-0.05, 0) is 46.8 Å². The largest absolute Gasteiger partial charge is 0.497 e. The molecular weight excluding hydrogens is 362 g/mol. The zero-order valence-corrected chi connectivity index (χ0v) is 15.7. The van der Waals surface area contributed by atoms with Crippen LogP contribution in [-0.2, 0) is 12.8 Å². The lowest BCUT2D eigenvalue weighted by molar-refractivity contribution is 0.415. The van der Waals surface area contributed by atoms with Crippen LogP contribution in [0.2, 0.25) is 0 Å². The molecular formula is C18H17N7OS. The predicted molar refractivity (Wildman–Crippen MR) is 102 cm³/mol. The van der Waals surface area contributed by atoms with E-state index in [1.54, 1.807) is 11.8 Å². The van der Waals surface area contributed by atoms with Crippen molar-refractivity contribution < 1.29 is 4.74 Å². The van der Waals surface area contributed by atoms with Gasteiger partial charge in [0.2, 0.25) is 0 Å². The van der Waals surface area contributed by atoms with Crippen molar-refractivity contribution in [2.45, 2.75) is 10.9 Å². The van der Waals surface area contributed by atoms with E-state index in [1.165, 1.54) is 11.8 Å². The van der Waals surface area contributed by atoms with Gasteiger partial charge in [-0.3, -0.25) is 0 Å². The van der Waals surface area contributed by atoms with E-state index in [9.17, 15) is 0 Å². The van der Waals surface area contributed by atoms with Gasteiger partial charge in [-0.1, -0.05) is 30.0 Å². The normalized spacial score (nSPS) is 10.9. The molecule has 0 aliphatic heterocycles. The van der Waals surface area contributed by atoms with Crippen molar-refractivity contribution in [3.8, 4) is 22.8 Å². The van der Waals surface area contributed by atoms with Crippen LogP contribution < -0.4 is 4.74 Å². The summed E-state index contributed by atoms with van der Waals surface area (Å²) in [5, 5.41) is 21.4. The lowest BCUT2D eigenvalue weighted by atomic mass is 10.2. The fourth-order valence-corrected chi connectivity index (χ4v) is 3.44. The molecule has 0 saturated heterocycles. The molecule has 0 spiro atoms. The lowest BCUT2D eigenvalue weighted by Gasteiger charge is -2.06. The summed E-state index contributed by atoms with van der Waals surface area (Å²) in [6, 6.07) is 17.6. The molecule has 2 aromatic heterocycles. The van der Waals surface area contributed by atoms with Gasteiger partial charge in [0.1, 0.15) is 5.75 Å². The first-order valence-corrected chi connectivity index (χ1v) is 9.24. The number of nitrogens with zero attached hydrogens (tertiary/aromatic N) is 7. The standard InChI is InChI=1S/C18H17N7OS/c1-24-17(13-8-10-15(26-2)11-9-13)20-21-18(24)27-12-16-19-22-23-25(16)14-6-4-3-5-7-14/h3-11H,12H2,1-2H3. The first-order chi connectivity index (χ1) is 13.3. The molecule has 0 N–H and O–H groups in total. The Morgan fingerprint density at radius 1 is 0.963 bits per heavy atom. The molecule has 8 nitrogen and oxygen atoms in total. The van der Waals surface area contributed by atoms with E-state index < -0.39 is 0 Å². The Balaban J connectivity index is 1.52. The third-order valence-corrected chi connectivity index (χ3v) is 5.06. The number of aromatic nitrogens is 7. The SMILES string of the molecule is COc1ccc(-c2nnc(SCc3nnnn3-c3ccccc3)n2C)cc1. The smallest absolute Gasteiger partial charge is 0.191 e. The molecule has 9 heteroatoms. The lowest BCUT2D eigenvalue weighted by Crippen LogP contribution is -2.02. The summed E-state index contributed by atoms with van der Waals surface area (Å²) in [6.07, 6.45) is 0. The van der Waals surface area contributed by atoms with Crippen molar-refractivity contribution >= 4 is 11.8 Å². The molecule has 2 aromatic carbocycles. The molecule has 0 unspecified atom stereocenters. The molecule has 0 atom stereocenters. The van der Waals surface area contributed by atoms with Gasteiger partial charge in [0.05, 0.1) is 18.6 Å². The van der Waals surface area contributed by atoms with Crippen molar-refractivity contribution in [3.63, 3.8) is 0 Å². The number of hydrogen-bond donors (Lipinski definition) is 0. The molecule has 0 fully saturated rings. The van der Waals surface area contributed by atoms with E-state index in [-0.39, 0.29) is 0 Å². The topological polar surface area (TPSA) is 83.5 Å². The van der Waals surface area contributed by atoms with Gasteiger partial charge < -0.3 is 9.30 Å². The van der Waals surface area contributed by atoms with Crippen LogP contribution in [0.15, 0.2) is 59.8 Å². The van der Waals surface area contributed by atoms with E-state index in [0.29, 0.717) is 5.75 Å². The quantitative estimate of drug-likeness (QED) is 0.476. The maximum absolute atomic E-state index is 5.20. The molecule has 0 saturated carbocycles. The minimum absolute atomic E-state index is 0.580. The van der Waals surface area contributed by atoms with Crippen LogP contribution >= 0.6 is 11.8 Å². The second-order valence-electron chi connectivity index (χ2n) is 5.72. The second-order valence-corrected chi connectivity index (χ2v) is 6.67. The Morgan fingerprint density at radius 3 is 2.48 bits per heavy atom. The van der Waals surface area contributed by atoms with Crippen LogP contribution in [0.3, 0.4) is 0 Å². The molecule has 136 valence electrons. The molecule has 0 radical (unpaired) electrons. The number of methoxy groups -OCH3 is 1. The Labute approximate surface area is 160 Å². The highest BCUT2D eigenvalue weighted by molar-refractivity contribution is 7.98. The molecule has 0 amide bonds. The van der Waals surface area contributed by atoms with Crippen LogP contribution in [-0.4, -0.2) is 42.1 Å². The van der Waals surface area contributed by atoms with Crippen molar-refractivity contribution in [2.75, 3.05) is 7.11 Å². The summed E-state index contributed by atoms with van der Waals surface area (Å²) < 4.78 is 8.89. The van der Waals surface area contributed by atoms with Gasteiger partial charge in [0.25, 0.3) is 0 Å². The van der Waals surface area contributed by atoms with Crippen LogP contribution in [0.1, 0.15) is 5.82 Å². The Bertz CT molecular complexity index is 1030. The molecule has 0 aliphatic rings. The second kappa shape index (κ2) is 7.58. The van der Waals surface area contributed by atoms with Crippen LogP contribution in [0.4, 0.5) is 0 Å². The summed E-state index contributed by atoms with van der Waals surface area (Å²) in [5.74, 6) is 2.93. The minimum Gasteiger partial charge on any atom is -0.497 e. The zero-order valence-electron chi connectivity index (χ0n) is 14.9. The van der Waals surface area contributed by atoms with Gasteiger partial charge in [0.15, 0.2) is 16.8 Å². The van der Waals surface area contributed by atoms with Gasteiger partial charge in [-0.15, -0.1) is 15.3 Å². The number of rotatable bonds is 6. The number of thioether (sulfide) groups is 1. The Kier molecular flexibility index (Phi) is 4.84. The van der Waals surface area contributed by atoms with Gasteiger partial charge in [0, 0.05) is 12.6 Å². The van der Waals surface area contributed by atoms with Crippen molar-refractivity contribution in [1.82, 2.24) is 35.0 Å². The van der Waals surface area contributed by atoms with Gasteiger partial charge in [-0.25, -0.2) is 0 Å². The van der Waals surface area contributed by atoms with E-state index in [1.807, 2.05) is 66.2 Å². The molecule has 4 rings (SSSR count). The summed E-state index contributed by atoms with van der Waals surface area (Å²) in [6.45, 7) is 0. The fourth-order valence-electron chi connectivity index (χ4n) is 2.63. The summed E-state index contributed by atoms with van der Waals surface area (Å²) in [7, 11) is 3.59. The number of para-hydroxylation sites is 1. The third kappa shape index (κ3) is 3.54. The highest BCUT2D eigenvalue weighted by atomic mass is 32.2. The van der Waals surface area contributed by atoms with Crippen molar-refractivity contribution in [1.29, 1.82) is 0 Å². The van der Waals surface area contributed by atoms with Crippen LogP contribution in [0.25, 0.3) is 17.1 Å². The van der Waals surface area contributed by atoms with E-state index in [2.05, 4.69) is 25.7 Å². The molecule has 4 aromatic rings. The first kappa shape index (κ1) is 17.2. The maximum atomic E-state index is 5.20. The molecule has 0 aliphatic carbocycles. The Morgan fingerprint density at radius 2 is 1.74 bits per heavy atom. The highest BCUT2D eigenvalue weighted by Crippen LogP contribution is 2.26. The minimum atomic E-state index is 0.580. The van der Waals surface area contributed by atoms with Crippen LogP contribution in [0.5, 0.6) is 5.75 Å². The molecule has 2 heterocycles. The van der Waals surface area contributed by atoms with E-state index in [4.69, 9.17) is 4.74 Å². The summed E-state index contributed by atoms with van der Waals surface area (Å²) in [5.41, 5.74) is 1.90. The summed E-state index contributed by atoms with van der Waals surface area (Å²) >= 11 is 1.54. The third-order valence-electron chi connectivity index (χ3n) is 4.05. The van der Waals surface area contributed by atoms with Crippen LogP contribution in [0, 0.1) is 0 Å². The van der Waals surface area contributed by atoms with Crippen molar-refractivity contribution in [2.24, 2.45) is 7.05 Å². The van der Waals surface area contributed by atoms with Gasteiger partial charge >= 0.3 is 0 Å². The zero-order chi connectivity index (χ0) is 18.6. The molecule has 27 heavy (non-hydrogen) atoms.